The lowest BCUT2D eigenvalue weighted by Gasteiger charge is -2.40. The highest BCUT2D eigenvalue weighted by Gasteiger charge is 2.42. The molecule has 1 fully saturated rings. The van der Waals surface area contributed by atoms with Crippen LogP contribution >= 0.6 is 11.6 Å². The highest BCUT2D eigenvalue weighted by molar-refractivity contribution is 6.30. The first-order valence-electron chi connectivity index (χ1n) is 11.2. The Labute approximate surface area is 210 Å². The van der Waals surface area contributed by atoms with Crippen molar-refractivity contribution in [3.05, 3.63) is 64.7 Å². The van der Waals surface area contributed by atoms with Crippen LogP contribution in [0.4, 0.5) is 17.6 Å². The SMILES string of the molecule is CC(C)[C@@H](NC(=O)C(F)(F)F)C(=O)N[C@@H]1CN(C(=O)c2cccnc2)CCC1c1cc(F)cc(Cl)c1. The fraction of sp³-hybridized carbons (Fsp3) is 0.417. The molecule has 7 nitrogen and oxygen atoms in total. The van der Waals surface area contributed by atoms with E-state index in [1.165, 1.54) is 37.2 Å². The van der Waals surface area contributed by atoms with Gasteiger partial charge in [-0.05, 0) is 48.2 Å². The van der Waals surface area contributed by atoms with Gasteiger partial charge in [0, 0.05) is 36.4 Å². The number of piperidine rings is 1. The highest BCUT2D eigenvalue weighted by Crippen LogP contribution is 2.32. The number of rotatable bonds is 6. The minimum atomic E-state index is -5.16. The average molecular weight is 529 g/mol. The molecule has 1 aliphatic heterocycles. The number of carbonyl (C=O) groups excluding carboxylic acids is 3. The second-order valence-corrected chi connectivity index (χ2v) is 9.34. The van der Waals surface area contributed by atoms with E-state index in [0.717, 1.165) is 6.07 Å². The summed E-state index contributed by atoms with van der Waals surface area (Å²) in [4.78, 5) is 43.0. The molecular weight excluding hydrogens is 504 g/mol. The Morgan fingerprint density at radius 1 is 1.19 bits per heavy atom. The Kier molecular flexibility index (Phi) is 8.55. The number of benzene rings is 1. The van der Waals surface area contributed by atoms with Crippen LogP contribution in [0.2, 0.25) is 5.02 Å². The van der Waals surface area contributed by atoms with E-state index in [4.69, 9.17) is 11.6 Å². The van der Waals surface area contributed by atoms with Crippen molar-refractivity contribution < 1.29 is 31.9 Å². The minimum Gasteiger partial charge on any atom is -0.349 e. The van der Waals surface area contributed by atoms with Crippen molar-refractivity contribution in [1.82, 2.24) is 20.5 Å². The van der Waals surface area contributed by atoms with Crippen molar-refractivity contribution in [2.45, 2.75) is 44.4 Å². The van der Waals surface area contributed by atoms with Gasteiger partial charge >= 0.3 is 12.1 Å². The molecule has 2 N–H and O–H groups in total. The Morgan fingerprint density at radius 3 is 2.50 bits per heavy atom. The molecule has 1 aliphatic rings. The molecular formula is C24H25ClF4N4O3. The molecule has 36 heavy (non-hydrogen) atoms. The Morgan fingerprint density at radius 2 is 1.92 bits per heavy atom. The van der Waals surface area contributed by atoms with E-state index in [-0.39, 0.29) is 24.0 Å². The van der Waals surface area contributed by atoms with E-state index < -0.39 is 47.7 Å². The molecule has 0 aliphatic carbocycles. The molecule has 194 valence electrons. The first-order valence-corrected chi connectivity index (χ1v) is 11.6. The lowest BCUT2D eigenvalue weighted by atomic mass is 9.84. The van der Waals surface area contributed by atoms with Gasteiger partial charge in [0.2, 0.25) is 5.91 Å². The van der Waals surface area contributed by atoms with E-state index >= 15 is 0 Å². The third kappa shape index (κ3) is 6.71. The lowest BCUT2D eigenvalue weighted by molar-refractivity contribution is -0.175. The molecule has 1 unspecified atom stereocenters. The van der Waals surface area contributed by atoms with Crippen LogP contribution in [0, 0.1) is 11.7 Å². The van der Waals surface area contributed by atoms with Crippen molar-refractivity contribution in [2.75, 3.05) is 13.1 Å². The number of amides is 3. The van der Waals surface area contributed by atoms with Gasteiger partial charge in [0.25, 0.3) is 5.91 Å². The number of nitrogens with zero attached hydrogens (tertiary/aromatic N) is 2. The fourth-order valence-corrected chi connectivity index (χ4v) is 4.40. The molecule has 0 radical (unpaired) electrons. The van der Waals surface area contributed by atoms with Crippen LogP contribution in [0.3, 0.4) is 0 Å². The van der Waals surface area contributed by atoms with Crippen LogP contribution < -0.4 is 10.6 Å². The maximum Gasteiger partial charge on any atom is 0.471 e. The molecule has 3 atom stereocenters. The van der Waals surface area contributed by atoms with E-state index in [1.807, 2.05) is 0 Å². The van der Waals surface area contributed by atoms with Crippen LogP contribution in [-0.2, 0) is 9.59 Å². The summed E-state index contributed by atoms with van der Waals surface area (Å²) in [6.07, 6.45) is -1.93. The van der Waals surface area contributed by atoms with Crippen LogP contribution in [0.1, 0.15) is 42.1 Å². The standard InChI is InChI=1S/C24H25ClF4N4O3/c1-13(2)20(32-23(36)24(27,28)29)21(34)31-19-12-33(22(35)14-4-3-6-30-11-14)7-5-18(19)15-8-16(25)10-17(26)9-15/h3-4,6,8-11,13,18-20H,5,7,12H2,1-2H3,(H,31,34)(H,32,36)/t18?,19-,20-/m1/s1. The van der Waals surface area contributed by atoms with Gasteiger partial charge in [-0.15, -0.1) is 0 Å². The van der Waals surface area contributed by atoms with Crippen LogP contribution in [0.15, 0.2) is 42.7 Å². The summed E-state index contributed by atoms with van der Waals surface area (Å²) in [7, 11) is 0. The van der Waals surface area contributed by atoms with Gasteiger partial charge in [0.05, 0.1) is 11.6 Å². The number of pyridine rings is 1. The van der Waals surface area contributed by atoms with Gasteiger partial charge in [0.1, 0.15) is 11.9 Å². The predicted octanol–water partition coefficient (Wildman–Crippen LogP) is 3.69. The second-order valence-electron chi connectivity index (χ2n) is 8.90. The van der Waals surface area contributed by atoms with E-state index in [1.54, 1.807) is 23.5 Å². The summed E-state index contributed by atoms with van der Waals surface area (Å²) in [6.45, 7) is 3.25. The molecule has 12 heteroatoms. The lowest BCUT2D eigenvalue weighted by Crippen LogP contribution is -2.59. The maximum atomic E-state index is 14.1. The van der Waals surface area contributed by atoms with Gasteiger partial charge in [-0.3, -0.25) is 19.4 Å². The topological polar surface area (TPSA) is 91.4 Å². The number of aromatic nitrogens is 1. The first kappa shape index (κ1) is 27.4. The normalized spacial score (nSPS) is 19.1. The molecule has 1 aromatic carbocycles. The van der Waals surface area contributed by atoms with Crippen molar-refractivity contribution in [3.8, 4) is 0 Å². The van der Waals surface area contributed by atoms with Crippen LogP contribution in [0.25, 0.3) is 0 Å². The largest absolute Gasteiger partial charge is 0.471 e. The van der Waals surface area contributed by atoms with Crippen molar-refractivity contribution in [2.24, 2.45) is 5.92 Å². The molecule has 1 saturated heterocycles. The number of nitrogens with one attached hydrogen (secondary N) is 2. The van der Waals surface area contributed by atoms with E-state index in [9.17, 15) is 31.9 Å². The van der Waals surface area contributed by atoms with Gasteiger partial charge in [-0.2, -0.15) is 13.2 Å². The second kappa shape index (κ2) is 11.2. The Hall–Kier alpha value is -3.21. The van der Waals surface area contributed by atoms with E-state index in [0.29, 0.717) is 17.5 Å². The number of hydrogen-bond donors (Lipinski definition) is 2. The van der Waals surface area contributed by atoms with Gasteiger partial charge in [-0.25, -0.2) is 4.39 Å². The summed E-state index contributed by atoms with van der Waals surface area (Å²) in [5, 5.41) is 4.56. The third-order valence-electron chi connectivity index (χ3n) is 5.94. The maximum absolute atomic E-state index is 14.1. The molecule has 3 rings (SSSR count). The zero-order chi connectivity index (χ0) is 26.6. The molecule has 0 bridgehead atoms. The monoisotopic (exact) mass is 528 g/mol. The summed E-state index contributed by atoms with van der Waals surface area (Å²) in [6, 6.07) is 4.83. The molecule has 3 amide bonds. The summed E-state index contributed by atoms with van der Waals surface area (Å²) < 4.78 is 52.5. The Balaban J connectivity index is 1.88. The number of alkyl halides is 3. The third-order valence-corrected chi connectivity index (χ3v) is 6.16. The molecule has 2 heterocycles. The number of hydrogen-bond acceptors (Lipinski definition) is 4. The highest BCUT2D eigenvalue weighted by atomic mass is 35.5. The smallest absolute Gasteiger partial charge is 0.349 e. The summed E-state index contributed by atoms with van der Waals surface area (Å²) in [5.74, 6) is -5.18. The van der Waals surface area contributed by atoms with Crippen molar-refractivity contribution in [1.29, 1.82) is 0 Å². The molecule has 0 saturated carbocycles. The summed E-state index contributed by atoms with van der Waals surface area (Å²) >= 11 is 6.02. The zero-order valence-corrected chi connectivity index (χ0v) is 20.2. The van der Waals surface area contributed by atoms with Gasteiger partial charge in [-0.1, -0.05) is 25.4 Å². The zero-order valence-electron chi connectivity index (χ0n) is 19.5. The number of carbonyl (C=O) groups is 3. The fourth-order valence-electron chi connectivity index (χ4n) is 4.17. The Bertz CT molecular complexity index is 1090. The molecule has 0 spiro atoms. The van der Waals surface area contributed by atoms with Gasteiger partial charge in [0.15, 0.2) is 0 Å². The first-order chi connectivity index (χ1) is 16.9. The number of halogens is 5. The quantitative estimate of drug-likeness (QED) is 0.560. The van der Waals surface area contributed by atoms with E-state index in [2.05, 4.69) is 10.3 Å². The van der Waals surface area contributed by atoms with Crippen molar-refractivity contribution in [3.63, 3.8) is 0 Å². The molecule has 2 aromatic rings. The van der Waals surface area contributed by atoms with Gasteiger partial charge < -0.3 is 15.5 Å². The predicted molar refractivity (Wildman–Crippen MR) is 124 cm³/mol. The summed E-state index contributed by atoms with van der Waals surface area (Å²) in [5.41, 5.74) is 0.798. The number of likely N-dealkylation sites (tertiary alicyclic amines) is 1. The average Bonchev–Trinajstić information content (AvgIpc) is 2.80. The van der Waals surface area contributed by atoms with Crippen LogP contribution in [0.5, 0.6) is 0 Å². The molecule has 1 aromatic heterocycles. The minimum absolute atomic E-state index is 0.00367. The van der Waals surface area contributed by atoms with Crippen molar-refractivity contribution >= 4 is 29.3 Å². The van der Waals surface area contributed by atoms with Crippen LogP contribution in [-0.4, -0.2) is 59.0 Å².